The van der Waals surface area contributed by atoms with Crippen LogP contribution in [0.3, 0.4) is 0 Å². The van der Waals surface area contributed by atoms with Crippen LogP contribution in [0.1, 0.15) is 21.5 Å². The van der Waals surface area contributed by atoms with Crippen molar-refractivity contribution in [2.24, 2.45) is 0 Å². The summed E-state index contributed by atoms with van der Waals surface area (Å²) in [5.41, 5.74) is 0.0938. The van der Waals surface area contributed by atoms with Gasteiger partial charge >= 0.3 is 6.18 Å². The van der Waals surface area contributed by atoms with Crippen LogP contribution in [0.4, 0.5) is 22.0 Å². The van der Waals surface area contributed by atoms with Crippen LogP contribution in [0.25, 0.3) is 0 Å². The van der Waals surface area contributed by atoms with Crippen LogP contribution in [0.5, 0.6) is 0 Å². The number of hydrogen-bond donors (Lipinski definition) is 1. The Kier molecular flexibility index (Phi) is 4.58. The van der Waals surface area contributed by atoms with Crippen molar-refractivity contribution in [2.75, 3.05) is 7.05 Å². The Hall–Kier alpha value is -1.54. The van der Waals surface area contributed by atoms with Crippen LogP contribution in [-0.4, -0.2) is 12.0 Å². The van der Waals surface area contributed by atoms with Gasteiger partial charge in [-0.1, -0.05) is 12.1 Å². The number of benzene rings is 1. The van der Waals surface area contributed by atoms with Crippen LogP contribution >= 0.6 is 11.3 Å². The first-order chi connectivity index (χ1) is 9.82. The Labute approximate surface area is 121 Å². The maximum atomic E-state index is 13.6. The van der Waals surface area contributed by atoms with E-state index in [2.05, 4.69) is 10.3 Å². The molecule has 114 valence electrons. The zero-order valence-corrected chi connectivity index (χ0v) is 11.7. The van der Waals surface area contributed by atoms with Crippen LogP contribution in [-0.2, 0) is 12.6 Å². The molecule has 0 fully saturated rings. The maximum Gasteiger partial charge on any atom is 0.443 e. The van der Waals surface area contributed by atoms with Gasteiger partial charge in [0, 0.05) is 17.1 Å². The van der Waals surface area contributed by atoms with Crippen LogP contribution < -0.4 is 5.32 Å². The number of nitrogens with one attached hydrogen (secondary N) is 1. The fourth-order valence-corrected chi connectivity index (χ4v) is 2.74. The van der Waals surface area contributed by atoms with Gasteiger partial charge in [0.15, 0.2) is 16.6 Å². The summed E-state index contributed by atoms with van der Waals surface area (Å²) in [5.74, 6) is -1.97. The summed E-state index contributed by atoms with van der Waals surface area (Å²) in [5, 5.41) is 1.83. The normalized spacial score (nSPS) is 13.4. The standard InChI is InChI=1S/C13H11F5N2S/c1-19-9(5-7-3-2-4-8(14)11(7)15)10-6-20-12(21-10)13(16,17)18/h2-4,6,9,19H,5H2,1H3. The topological polar surface area (TPSA) is 24.9 Å². The minimum absolute atomic E-state index is 0.0274. The van der Waals surface area contributed by atoms with Crippen molar-refractivity contribution < 1.29 is 22.0 Å². The molecule has 21 heavy (non-hydrogen) atoms. The summed E-state index contributed by atoms with van der Waals surface area (Å²) in [6.07, 6.45) is -3.38. The Morgan fingerprint density at radius 3 is 2.57 bits per heavy atom. The SMILES string of the molecule is CNC(Cc1cccc(F)c1F)c1cnc(C(F)(F)F)s1. The van der Waals surface area contributed by atoms with Gasteiger partial charge < -0.3 is 5.32 Å². The molecule has 0 radical (unpaired) electrons. The average molecular weight is 322 g/mol. The number of rotatable bonds is 4. The molecule has 1 N–H and O–H groups in total. The molecule has 1 heterocycles. The first kappa shape index (κ1) is 15.8. The molecule has 0 aliphatic carbocycles. The molecule has 1 aromatic heterocycles. The number of likely N-dealkylation sites (N-methyl/N-ethyl adjacent to an activating group) is 1. The van der Waals surface area contributed by atoms with Gasteiger partial charge in [0.2, 0.25) is 0 Å². The van der Waals surface area contributed by atoms with E-state index in [9.17, 15) is 22.0 Å². The monoisotopic (exact) mass is 322 g/mol. The van der Waals surface area contributed by atoms with E-state index in [1.165, 1.54) is 19.2 Å². The van der Waals surface area contributed by atoms with E-state index < -0.39 is 28.9 Å². The summed E-state index contributed by atoms with van der Waals surface area (Å²) in [6, 6.07) is 3.17. The lowest BCUT2D eigenvalue weighted by Gasteiger charge is -2.14. The highest BCUT2D eigenvalue weighted by Crippen LogP contribution is 2.35. The number of hydrogen-bond acceptors (Lipinski definition) is 3. The fourth-order valence-electron chi connectivity index (χ4n) is 1.85. The number of halogens is 5. The summed E-state index contributed by atoms with van der Waals surface area (Å²) >= 11 is 0.487. The van der Waals surface area contributed by atoms with E-state index in [4.69, 9.17) is 0 Å². The largest absolute Gasteiger partial charge is 0.443 e. The Bertz CT molecular complexity index is 623. The number of nitrogens with zero attached hydrogens (tertiary/aromatic N) is 1. The van der Waals surface area contributed by atoms with E-state index in [1.54, 1.807) is 0 Å². The van der Waals surface area contributed by atoms with Gasteiger partial charge in [-0.2, -0.15) is 13.2 Å². The first-order valence-electron chi connectivity index (χ1n) is 5.96. The number of alkyl halides is 3. The lowest BCUT2D eigenvalue weighted by atomic mass is 10.0. The van der Waals surface area contributed by atoms with Gasteiger partial charge in [-0.05, 0) is 25.1 Å². The summed E-state index contributed by atoms with van der Waals surface area (Å²) in [4.78, 5) is 3.64. The minimum Gasteiger partial charge on any atom is -0.312 e. The van der Waals surface area contributed by atoms with Crippen molar-refractivity contribution in [3.05, 3.63) is 51.5 Å². The average Bonchev–Trinajstić information content (AvgIpc) is 2.90. The second-order valence-electron chi connectivity index (χ2n) is 4.32. The maximum absolute atomic E-state index is 13.6. The molecule has 2 nitrogen and oxygen atoms in total. The van der Waals surface area contributed by atoms with Gasteiger partial charge in [0.05, 0.1) is 0 Å². The number of thiazole rings is 1. The third-order valence-electron chi connectivity index (χ3n) is 2.91. The van der Waals surface area contributed by atoms with Gasteiger partial charge in [-0.3, -0.25) is 0 Å². The molecule has 1 unspecified atom stereocenters. The highest BCUT2D eigenvalue weighted by Gasteiger charge is 2.35. The third-order valence-corrected chi connectivity index (χ3v) is 4.07. The van der Waals surface area contributed by atoms with Crippen molar-refractivity contribution in [3.8, 4) is 0 Å². The predicted molar refractivity (Wildman–Crippen MR) is 69.0 cm³/mol. The zero-order chi connectivity index (χ0) is 15.6. The van der Waals surface area contributed by atoms with Crippen LogP contribution in [0.2, 0.25) is 0 Å². The third kappa shape index (κ3) is 3.56. The molecule has 2 rings (SSSR count). The molecule has 0 aliphatic rings. The van der Waals surface area contributed by atoms with E-state index in [0.29, 0.717) is 16.2 Å². The van der Waals surface area contributed by atoms with E-state index >= 15 is 0 Å². The van der Waals surface area contributed by atoms with E-state index in [0.717, 1.165) is 12.3 Å². The van der Waals surface area contributed by atoms with E-state index in [-0.39, 0.29) is 12.0 Å². The van der Waals surface area contributed by atoms with E-state index in [1.807, 2.05) is 0 Å². The van der Waals surface area contributed by atoms with Crippen molar-refractivity contribution in [2.45, 2.75) is 18.6 Å². The molecule has 1 atom stereocenters. The van der Waals surface area contributed by atoms with Crippen LogP contribution in [0, 0.1) is 11.6 Å². The van der Waals surface area contributed by atoms with Gasteiger partial charge in [0.25, 0.3) is 0 Å². The molecule has 0 saturated heterocycles. The second kappa shape index (κ2) is 6.07. The molecule has 0 amide bonds. The zero-order valence-electron chi connectivity index (χ0n) is 10.8. The molecular formula is C13H11F5N2S. The fraction of sp³-hybridized carbons (Fsp3) is 0.308. The lowest BCUT2D eigenvalue weighted by molar-refractivity contribution is -0.137. The highest BCUT2D eigenvalue weighted by molar-refractivity contribution is 7.11. The molecule has 0 aliphatic heterocycles. The van der Waals surface area contributed by atoms with Crippen molar-refractivity contribution in [1.82, 2.24) is 10.3 Å². The minimum atomic E-state index is -4.51. The summed E-state index contributed by atoms with van der Waals surface area (Å²) < 4.78 is 64.3. The van der Waals surface area contributed by atoms with Crippen LogP contribution in [0.15, 0.2) is 24.4 Å². The van der Waals surface area contributed by atoms with Gasteiger partial charge in [-0.25, -0.2) is 13.8 Å². The summed E-state index contributed by atoms with van der Waals surface area (Å²) in [6.45, 7) is 0. The molecule has 2 aromatic rings. The molecule has 0 spiro atoms. The molecule has 1 aromatic carbocycles. The van der Waals surface area contributed by atoms with Crippen molar-refractivity contribution in [1.29, 1.82) is 0 Å². The van der Waals surface area contributed by atoms with Gasteiger partial charge in [-0.15, -0.1) is 11.3 Å². The molecule has 0 saturated carbocycles. The quantitative estimate of drug-likeness (QED) is 0.863. The summed E-state index contributed by atoms with van der Waals surface area (Å²) in [7, 11) is 1.54. The molecule has 0 bridgehead atoms. The van der Waals surface area contributed by atoms with Gasteiger partial charge in [0.1, 0.15) is 0 Å². The highest BCUT2D eigenvalue weighted by atomic mass is 32.1. The smallest absolute Gasteiger partial charge is 0.312 e. The first-order valence-corrected chi connectivity index (χ1v) is 6.77. The predicted octanol–water partition coefficient (Wildman–Crippen LogP) is 3.94. The Balaban J connectivity index is 2.24. The molecule has 8 heteroatoms. The lowest BCUT2D eigenvalue weighted by Crippen LogP contribution is -2.18. The van der Waals surface area contributed by atoms with Crippen molar-refractivity contribution in [3.63, 3.8) is 0 Å². The Morgan fingerprint density at radius 2 is 2.00 bits per heavy atom. The second-order valence-corrected chi connectivity index (χ2v) is 5.39. The number of aromatic nitrogens is 1. The molecular weight excluding hydrogens is 311 g/mol. The van der Waals surface area contributed by atoms with Crippen molar-refractivity contribution >= 4 is 11.3 Å². The Morgan fingerprint density at radius 1 is 1.29 bits per heavy atom.